The van der Waals surface area contributed by atoms with Crippen molar-refractivity contribution in [3.05, 3.63) is 52.7 Å². The fraction of sp³-hybridized carbons (Fsp3) is 0.484. The molecule has 9 nitrogen and oxygen atoms in total. The summed E-state index contributed by atoms with van der Waals surface area (Å²) in [6, 6.07) is 8.87. The second kappa shape index (κ2) is 14.0. The van der Waals surface area contributed by atoms with Crippen molar-refractivity contribution >= 4 is 36.3 Å². The highest BCUT2D eigenvalue weighted by molar-refractivity contribution is 6.06. The molecular weight excluding hydrogens is 506 g/mol. The Morgan fingerprint density at radius 1 is 1.18 bits per heavy atom. The van der Waals surface area contributed by atoms with Crippen LogP contribution in [-0.2, 0) is 22.6 Å². The van der Waals surface area contributed by atoms with Crippen molar-refractivity contribution in [2.24, 2.45) is 27.5 Å². The second-order valence-electron chi connectivity index (χ2n) is 11.7. The van der Waals surface area contributed by atoms with E-state index < -0.39 is 5.92 Å². The molecule has 3 rings (SSSR count). The van der Waals surface area contributed by atoms with Gasteiger partial charge in [-0.25, -0.2) is 4.98 Å². The lowest BCUT2D eigenvalue weighted by Gasteiger charge is -2.31. The zero-order valence-electron chi connectivity index (χ0n) is 24.4. The third kappa shape index (κ3) is 8.83. The predicted octanol–water partition coefficient (Wildman–Crippen LogP) is 5.32. The smallest absolute Gasteiger partial charge is 0.260 e. The molecule has 1 aromatic carbocycles. The highest BCUT2D eigenvalue weighted by Gasteiger charge is 2.29. The van der Waals surface area contributed by atoms with Crippen LogP contribution < -0.4 is 10.1 Å². The molecule has 9 heteroatoms. The number of aromatic nitrogens is 1. The molecule has 1 atom stereocenters. The summed E-state index contributed by atoms with van der Waals surface area (Å²) in [5.41, 5.74) is 3.02. The normalized spacial score (nSPS) is 14.4. The van der Waals surface area contributed by atoms with Crippen LogP contribution in [0, 0.1) is 17.3 Å². The molecule has 0 bridgehead atoms. The highest BCUT2D eigenvalue weighted by atomic mass is 16.5. The van der Waals surface area contributed by atoms with Crippen LogP contribution >= 0.6 is 0 Å². The van der Waals surface area contributed by atoms with Gasteiger partial charge in [-0.15, -0.1) is 0 Å². The quantitative estimate of drug-likeness (QED) is 0.177. The van der Waals surface area contributed by atoms with Crippen molar-refractivity contribution < 1.29 is 19.1 Å². The zero-order chi connectivity index (χ0) is 29.3. The molecule has 1 aromatic heterocycles. The monoisotopic (exact) mass is 547 g/mol. The first-order valence-electron chi connectivity index (χ1n) is 13.8. The second-order valence-corrected chi connectivity index (χ2v) is 11.7. The first-order valence-corrected chi connectivity index (χ1v) is 13.8. The van der Waals surface area contributed by atoms with Crippen molar-refractivity contribution in [3.63, 3.8) is 0 Å². The van der Waals surface area contributed by atoms with Gasteiger partial charge in [0.05, 0.1) is 30.5 Å². The van der Waals surface area contributed by atoms with E-state index in [0.29, 0.717) is 48.8 Å². The van der Waals surface area contributed by atoms with E-state index in [2.05, 4.69) is 41.3 Å². The van der Waals surface area contributed by atoms with E-state index in [9.17, 15) is 14.4 Å². The lowest BCUT2D eigenvalue weighted by molar-refractivity contribution is -0.139. The highest BCUT2D eigenvalue weighted by Crippen LogP contribution is 2.29. The molecule has 0 spiro atoms. The third-order valence-electron chi connectivity index (χ3n) is 6.67. The van der Waals surface area contributed by atoms with E-state index in [1.54, 1.807) is 41.6 Å². The van der Waals surface area contributed by atoms with Crippen LogP contribution in [0.1, 0.15) is 81.1 Å². The van der Waals surface area contributed by atoms with Crippen LogP contribution in [-0.4, -0.2) is 54.1 Å². The minimum Gasteiger partial charge on any atom is -0.496 e. The van der Waals surface area contributed by atoms with E-state index in [1.807, 2.05) is 19.9 Å². The van der Waals surface area contributed by atoms with Crippen LogP contribution in [0.3, 0.4) is 0 Å². The Kier molecular flexibility index (Phi) is 10.7. The van der Waals surface area contributed by atoms with Gasteiger partial charge in [-0.2, -0.15) is 10.2 Å². The van der Waals surface area contributed by atoms with Gasteiger partial charge in [0.15, 0.2) is 0 Å². The number of amides is 2. The van der Waals surface area contributed by atoms with Crippen LogP contribution in [0.25, 0.3) is 0 Å². The number of fused-ring (bicyclic) bond motifs is 1. The van der Waals surface area contributed by atoms with Crippen LogP contribution in [0.15, 0.2) is 40.5 Å². The van der Waals surface area contributed by atoms with Crippen molar-refractivity contribution in [1.29, 1.82) is 0 Å². The number of hydrogen-bond acceptors (Lipinski definition) is 7. The fourth-order valence-corrected chi connectivity index (χ4v) is 4.55. The lowest BCUT2D eigenvalue weighted by Crippen LogP contribution is -2.40. The molecule has 2 heterocycles. The number of aldehydes is 1. The van der Waals surface area contributed by atoms with Crippen molar-refractivity contribution in [3.8, 4) is 5.75 Å². The Morgan fingerprint density at radius 2 is 1.95 bits per heavy atom. The van der Waals surface area contributed by atoms with Gasteiger partial charge in [0.25, 0.3) is 5.91 Å². The Hall–Kier alpha value is -3.88. The third-order valence-corrected chi connectivity index (χ3v) is 6.67. The van der Waals surface area contributed by atoms with Gasteiger partial charge in [-0.1, -0.05) is 40.7 Å². The van der Waals surface area contributed by atoms with E-state index >= 15 is 0 Å². The Morgan fingerprint density at radius 3 is 2.62 bits per heavy atom. The number of pyridine rings is 1. The fourth-order valence-electron chi connectivity index (χ4n) is 4.55. The van der Waals surface area contributed by atoms with Gasteiger partial charge in [0.2, 0.25) is 5.91 Å². The average molecular weight is 548 g/mol. The van der Waals surface area contributed by atoms with Gasteiger partial charge in [0.1, 0.15) is 17.9 Å². The molecule has 0 aliphatic carbocycles. The Balaban J connectivity index is 1.72. The van der Waals surface area contributed by atoms with Gasteiger partial charge in [-0.05, 0) is 72.4 Å². The van der Waals surface area contributed by atoms with E-state index in [0.717, 1.165) is 30.3 Å². The van der Waals surface area contributed by atoms with E-state index in [4.69, 9.17) is 4.74 Å². The minimum absolute atomic E-state index is 0.169. The Labute approximate surface area is 237 Å². The molecular formula is C31H41N5O4. The summed E-state index contributed by atoms with van der Waals surface area (Å²) < 4.78 is 5.53. The number of nitrogens with zero attached hydrogens (tertiary/aromatic N) is 4. The van der Waals surface area contributed by atoms with Gasteiger partial charge in [0, 0.05) is 19.3 Å². The number of carbonyl (C=O) groups is 3. The average Bonchev–Trinajstić information content (AvgIpc) is 2.91. The number of ether oxygens (including phenoxy) is 1. The van der Waals surface area contributed by atoms with Gasteiger partial charge in [-0.3, -0.25) is 9.59 Å². The molecule has 1 aliphatic rings. The largest absolute Gasteiger partial charge is 0.496 e. The number of nitrogens with one attached hydrogen (secondary N) is 1. The molecule has 2 aromatic rings. The van der Waals surface area contributed by atoms with Crippen LogP contribution in [0.5, 0.6) is 5.75 Å². The summed E-state index contributed by atoms with van der Waals surface area (Å²) in [5, 5.41) is 11.0. The Bertz CT molecular complexity index is 1260. The number of rotatable bonds is 11. The molecule has 0 fully saturated rings. The molecule has 1 N–H and O–H groups in total. The first-order chi connectivity index (χ1) is 19.0. The molecule has 0 unspecified atom stereocenters. The maximum absolute atomic E-state index is 13.3. The molecule has 0 saturated carbocycles. The number of anilines is 1. The summed E-state index contributed by atoms with van der Waals surface area (Å²) in [5.74, 6) is -0.152. The molecule has 40 heavy (non-hydrogen) atoms. The summed E-state index contributed by atoms with van der Waals surface area (Å²) >= 11 is 0. The number of benzene rings is 1. The summed E-state index contributed by atoms with van der Waals surface area (Å²) in [4.78, 5) is 44.0. The van der Waals surface area contributed by atoms with Gasteiger partial charge < -0.3 is 19.7 Å². The van der Waals surface area contributed by atoms with E-state index in [-0.39, 0.29) is 23.1 Å². The number of hydrogen-bond donors (Lipinski definition) is 1. The predicted molar refractivity (Wildman–Crippen MR) is 158 cm³/mol. The summed E-state index contributed by atoms with van der Waals surface area (Å²) in [7, 11) is 1.52. The number of carbonyl (C=O) groups excluding carboxylic acids is 3. The topological polar surface area (TPSA) is 113 Å². The molecule has 1 aliphatic heterocycles. The maximum Gasteiger partial charge on any atom is 0.260 e. The summed E-state index contributed by atoms with van der Waals surface area (Å²) in [6.45, 7) is 11.4. The standard InChI is InChI=1S/C31H41N5O4/c1-21(2)15-24(20-37)30(39)36-14-11-22-17-27(40-6)26(16-23(22)19-36)29(38)35-28-10-7-9-25(34-28)18-33-32-13-8-12-31(3,4)5/h7,9-10,13,16-18,20-21,24H,8,11-12,14-15,19H2,1-6H3,(H,34,35,38)/b32-13+,33-18+/t24-/m1/s1. The SMILES string of the molecule is COc1cc2c(cc1C(=O)Nc1cccc(/C=N/N=C/CCC(C)(C)C)n1)CN(C(=O)[C@@H](C=O)CC(C)C)CC2. The first kappa shape index (κ1) is 30.7. The van der Waals surface area contributed by atoms with Gasteiger partial charge >= 0.3 is 0 Å². The van der Waals surface area contributed by atoms with Crippen LogP contribution in [0.4, 0.5) is 5.82 Å². The zero-order valence-corrected chi connectivity index (χ0v) is 24.4. The molecule has 0 radical (unpaired) electrons. The summed E-state index contributed by atoms with van der Waals surface area (Å²) in [6.07, 6.45) is 7.07. The van der Waals surface area contributed by atoms with Crippen molar-refractivity contribution in [2.45, 2.75) is 66.8 Å². The minimum atomic E-state index is -0.654. The maximum atomic E-state index is 13.3. The molecule has 2 amide bonds. The lowest BCUT2D eigenvalue weighted by atomic mass is 9.91. The van der Waals surface area contributed by atoms with E-state index in [1.165, 1.54) is 7.11 Å². The van der Waals surface area contributed by atoms with Crippen molar-refractivity contribution in [1.82, 2.24) is 9.88 Å². The van der Waals surface area contributed by atoms with Crippen LogP contribution in [0.2, 0.25) is 0 Å². The molecule has 214 valence electrons. The van der Waals surface area contributed by atoms with Crippen molar-refractivity contribution in [2.75, 3.05) is 19.0 Å². The molecule has 0 saturated heterocycles. The number of methoxy groups -OCH3 is 1.